The summed E-state index contributed by atoms with van der Waals surface area (Å²) in [4.78, 5) is 4.55. The van der Waals surface area contributed by atoms with Gasteiger partial charge in [0, 0.05) is 74.0 Å². The summed E-state index contributed by atoms with van der Waals surface area (Å²) in [6, 6.07) is 28.9. The molecule has 0 fully saturated rings. The average molecular weight is 637 g/mol. The van der Waals surface area contributed by atoms with Gasteiger partial charge in [-0.3, -0.25) is 0 Å². The lowest BCUT2D eigenvalue weighted by Gasteiger charge is -2.10. The number of para-hydroxylation sites is 4. The Morgan fingerprint density at radius 3 is 1.27 bits per heavy atom. The molecule has 0 atom stereocenters. The van der Waals surface area contributed by atoms with Gasteiger partial charge in [0.15, 0.2) is 0 Å². The molecule has 220 valence electrons. The van der Waals surface area contributed by atoms with Gasteiger partial charge in [0.05, 0.1) is 2.74 Å². The van der Waals surface area contributed by atoms with E-state index >= 15 is 0 Å². The highest BCUT2D eigenvalue weighted by atomic mass is 33.1. The van der Waals surface area contributed by atoms with Crippen molar-refractivity contribution in [3.8, 4) is 0 Å². The van der Waals surface area contributed by atoms with Crippen molar-refractivity contribution in [3.05, 3.63) is 97.0 Å². The molecule has 0 unspecified atom stereocenters. The van der Waals surface area contributed by atoms with Crippen LogP contribution < -0.4 is 21.3 Å². The summed E-state index contributed by atoms with van der Waals surface area (Å²) in [7, 11) is 10.5. The Hall–Kier alpha value is -2.52. The van der Waals surface area contributed by atoms with Crippen LogP contribution in [0.15, 0.2) is 117 Å². The normalized spacial score (nSPS) is 16.1. The predicted octanol–water partition coefficient (Wildman–Crippen LogP) is 11.3. The standard InChI is InChI=1S/2C15H16N2S2.3CH4/c2*1-3-8-14-12(6-1)16-10-5-11-17-13-7-2-4-9-15(13)19-18-14;;;/h2*1-4,6-9,16-17H,5,10-11H2;3*1H4/i3T,4T,5T;;3*1T. The summed E-state index contributed by atoms with van der Waals surface area (Å²) in [5, 5.41) is 13.6. The maximum Gasteiger partial charge on any atom is 0.0623 e. The molecule has 0 spiro atoms. The van der Waals surface area contributed by atoms with Crippen molar-refractivity contribution in [1.29, 1.82) is 0 Å². The van der Waals surface area contributed by atoms with E-state index in [0.717, 1.165) is 40.7 Å². The van der Waals surface area contributed by atoms with Gasteiger partial charge in [0.2, 0.25) is 0 Å². The van der Waals surface area contributed by atoms with Crippen LogP contribution in [0.25, 0.3) is 0 Å². The van der Waals surface area contributed by atoms with Crippen molar-refractivity contribution in [2.45, 2.75) is 54.6 Å². The van der Waals surface area contributed by atoms with E-state index in [-0.39, 0.29) is 6.40 Å². The van der Waals surface area contributed by atoms with E-state index in [9.17, 15) is 0 Å². The van der Waals surface area contributed by atoms with E-state index < -0.39 is 0 Å². The van der Waals surface area contributed by atoms with Gasteiger partial charge < -0.3 is 21.3 Å². The minimum atomic E-state index is -0.278. The Balaban J connectivity index is 0.000000284. The highest BCUT2D eigenvalue weighted by Crippen LogP contribution is 2.44. The van der Waals surface area contributed by atoms with Crippen LogP contribution in [-0.4, -0.2) is 26.2 Å². The maximum atomic E-state index is 8.10. The second-order valence-electron chi connectivity index (χ2n) is 8.43. The Morgan fingerprint density at radius 2 is 0.829 bits per heavy atom. The Bertz CT molecular complexity index is 1360. The number of hydrogen-bond donors (Lipinski definition) is 4. The lowest BCUT2D eigenvalue weighted by Crippen LogP contribution is -2.09. The van der Waals surface area contributed by atoms with Crippen LogP contribution in [0.2, 0.25) is 0 Å². The van der Waals surface area contributed by atoms with Crippen molar-refractivity contribution >= 4 is 65.9 Å². The zero-order valence-electron chi connectivity index (χ0n) is 29.8. The first-order chi connectivity index (χ1) is 23.0. The minimum absolute atomic E-state index is 0.278. The molecule has 6 rings (SSSR count). The highest BCUT2D eigenvalue weighted by molar-refractivity contribution is 8.77. The molecule has 0 amide bonds. The average Bonchev–Trinajstić information content (AvgIpc) is 3.18. The molecule has 0 bridgehead atoms. The van der Waals surface area contributed by atoms with Crippen LogP contribution >= 0.6 is 43.2 Å². The topological polar surface area (TPSA) is 48.1 Å². The number of anilines is 4. The fourth-order valence-electron chi connectivity index (χ4n) is 3.78. The summed E-state index contributed by atoms with van der Waals surface area (Å²) in [5.41, 5.74) is 4.38. The molecule has 4 nitrogen and oxygen atoms in total. The van der Waals surface area contributed by atoms with Crippen LogP contribution in [-0.2, 0) is 0 Å². The van der Waals surface area contributed by atoms with Crippen LogP contribution in [0.3, 0.4) is 0 Å². The van der Waals surface area contributed by atoms with Gasteiger partial charge in [-0.15, -0.1) is 0 Å². The van der Waals surface area contributed by atoms with E-state index in [1.54, 1.807) is 33.7 Å². The van der Waals surface area contributed by atoms with Crippen molar-refractivity contribution in [1.82, 2.24) is 0 Å². The SMILES string of the molecule is [3H]C.[3H]C.[3H]C.[3H]c1ccc2c(c1)SSc1cc([3H])ccc1NCC([3H])CN2.c1ccc2c(c1)NCCCNc1ccccc1SS2. The molecule has 2 aliphatic heterocycles. The first kappa shape index (κ1) is 26.1. The van der Waals surface area contributed by atoms with E-state index in [1.165, 1.54) is 43.4 Å². The number of fused-ring (bicyclic) bond motifs is 4. The molecule has 4 N–H and O–H groups in total. The van der Waals surface area contributed by atoms with Gasteiger partial charge in [-0.05, 0) is 61.3 Å². The van der Waals surface area contributed by atoms with Crippen LogP contribution in [0.5, 0.6) is 0 Å². The molecule has 41 heavy (non-hydrogen) atoms. The Kier molecular flexibility index (Phi) is 12.0. The summed E-state index contributed by atoms with van der Waals surface area (Å²) < 4.78 is 40.9. The monoisotopic (exact) mass is 636 g/mol. The van der Waals surface area contributed by atoms with Gasteiger partial charge in [-0.1, -0.05) is 114 Å². The number of rotatable bonds is 0. The fraction of sp³-hybridized carbons (Fsp3) is 0.273. The molecule has 0 saturated carbocycles. The van der Waals surface area contributed by atoms with Crippen molar-refractivity contribution in [3.63, 3.8) is 0 Å². The molecule has 4 aromatic rings. The molecule has 2 heterocycles. The van der Waals surface area contributed by atoms with Gasteiger partial charge in [0.1, 0.15) is 0 Å². The van der Waals surface area contributed by atoms with Gasteiger partial charge in [-0.2, -0.15) is 0 Å². The molecule has 2 aliphatic rings. The zero-order valence-corrected chi connectivity index (χ0v) is 27.1. The predicted molar refractivity (Wildman–Crippen MR) is 193 cm³/mol. The van der Waals surface area contributed by atoms with Crippen LogP contribution in [0.1, 0.15) is 43.3 Å². The molecular weight excluding hydrogens is 581 g/mol. The second kappa shape index (κ2) is 18.8. The molecular formula is C33H44N4S4. The summed E-state index contributed by atoms with van der Waals surface area (Å²) in [6.45, 7) is 3.09. The second-order valence-corrected chi connectivity index (χ2v) is 12.9. The third kappa shape index (κ3) is 10.4. The number of nitrogens with one attached hydrogen (secondary N) is 4. The lowest BCUT2D eigenvalue weighted by atomic mass is 10.3. The van der Waals surface area contributed by atoms with Gasteiger partial charge in [-0.25, -0.2) is 0 Å². The smallest absolute Gasteiger partial charge is 0.0623 e. The highest BCUT2D eigenvalue weighted by Gasteiger charge is 2.09. The fourth-order valence-corrected chi connectivity index (χ4v) is 8.34. The first-order valence-electron chi connectivity index (χ1n) is 17.1. The quantitative estimate of drug-likeness (QED) is 0.142. The van der Waals surface area contributed by atoms with E-state index in [4.69, 9.17) is 8.22 Å². The minimum Gasteiger partial charge on any atom is -0.384 e. The molecule has 0 aromatic heterocycles. The first-order valence-corrected chi connectivity index (χ1v) is 16.8. The Labute approximate surface area is 272 Å². The molecule has 0 saturated heterocycles. The van der Waals surface area contributed by atoms with Crippen molar-refractivity contribution in [2.24, 2.45) is 0 Å². The third-order valence-electron chi connectivity index (χ3n) is 5.73. The molecule has 0 aliphatic carbocycles. The molecule has 8 heteroatoms. The number of hydrogen-bond acceptors (Lipinski definition) is 8. The summed E-state index contributed by atoms with van der Waals surface area (Å²) in [5.74, 6) is 0. The summed E-state index contributed by atoms with van der Waals surface area (Å²) in [6.07, 6.45) is 0.831. The third-order valence-corrected chi connectivity index (χ3v) is 10.7. The maximum absolute atomic E-state index is 8.10. The number of benzene rings is 4. The van der Waals surface area contributed by atoms with Gasteiger partial charge in [0.25, 0.3) is 0 Å². The van der Waals surface area contributed by atoms with E-state index in [0.29, 0.717) is 25.2 Å². The zero-order chi connectivity index (χ0) is 34.4. The van der Waals surface area contributed by atoms with E-state index in [2.05, 4.69) is 69.8 Å². The largest absolute Gasteiger partial charge is 0.384 e. The lowest BCUT2D eigenvalue weighted by molar-refractivity contribution is 0.904. The van der Waals surface area contributed by atoms with Crippen molar-refractivity contribution < 1.29 is 8.22 Å². The molecule has 0 radical (unpaired) electrons. The van der Waals surface area contributed by atoms with Crippen LogP contribution in [0, 0.1) is 0 Å². The molecule has 4 aromatic carbocycles. The summed E-state index contributed by atoms with van der Waals surface area (Å²) >= 11 is 0. The van der Waals surface area contributed by atoms with Crippen molar-refractivity contribution in [2.75, 3.05) is 47.4 Å². The Morgan fingerprint density at radius 1 is 0.488 bits per heavy atom. The van der Waals surface area contributed by atoms with Crippen LogP contribution in [0.4, 0.5) is 22.7 Å². The van der Waals surface area contributed by atoms with Gasteiger partial charge >= 0.3 is 0 Å². The van der Waals surface area contributed by atoms with E-state index in [1.807, 2.05) is 45.9 Å².